The van der Waals surface area contributed by atoms with Gasteiger partial charge in [-0.2, -0.15) is 0 Å². The van der Waals surface area contributed by atoms with Gasteiger partial charge < -0.3 is 14.6 Å². The maximum absolute atomic E-state index is 9.55. The second kappa shape index (κ2) is 5.92. The number of fused-ring (bicyclic) bond motifs is 1. The van der Waals surface area contributed by atoms with Gasteiger partial charge in [-0.1, -0.05) is 22.9 Å². The van der Waals surface area contributed by atoms with E-state index in [4.69, 9.17) is 9.47 Å². The van der Waals surface area contributed by atoms with E-state index in [0.29, 0.717) is 19.1 Å². The summed E-state index contributed by atoms with van der Waals surface area (Å²) in [4.78, 5) is 2.35. The van der Waals surface area contributed by atoms with Crippen LogP contribution in [-0.2, 0) is 6.54 Å². The number of likely N-dealkylation sites (tertiary alicyclic amines) is 1. The standard InChI is InChI=1S/C15H20BrNO3/c1-10-2-3-17(13(10)9-18)8-11-6-14-15(7-12(11)16)20-5-4-19-14/h6-7,10,13,18H,2-5,8-9H2,1H3. The number of ether oxygens (including phenoxy) is 2. The first kappa shape index (κ1) is 14.2. The molecule has 1 saturated heterocycles. The van der Waals surface area contributed by atoms with E-state index in [1.807, 2.05) is 6.07 Å². The van der Waals surface area contributed by atoms with Crippen LogP contribution in [0, 0.1) is 5.92 Å². The van der Waals surface area contributed by atoms with Crippen molar-refractivity contribution in [2.75, 3.05) is 26.4 Å². The molecule has 110 valence electrons. The van der Waals surface area contributed by atoms with Gasteiger partial charge in [0.15, 0.2) is 11.5 Å². The van der Waals surface area contributed by atoms with Crippen LogP contribution in [0.5, 0.6) is 11.5 Å². The number of rotatable bonds is 3. The second-order valence-corrected chi connectivity index (χ2v) is 6.43. The van der Waals surface area contributed by atoms with Crippen LogP contribution in [-0.4, -0.2) is 42.4 Å². The number of halogens is 1. The van der Waals surface area contributed by atoms with Gasteiger partial charge in [-0.15, -0.1) is 0 Å². The minimum atomic E-state index is 0.226. The van der Waals surface area contributed by atoms with Crippen LogP contribution in [0.2, 0.25) is 0 Å². The van der Waals surface area contributed by atoms with Crippen molar-refractivity contribution < 1.29 is 14.6 Å². The van der Waals surface area contributed by atoms with Crippen LogP contribution in [0.15, 0.2) is 16.6 Å². The molecule has 4 nitrogen and oxygen atoms in total. The second-order valence-electron chi connectivity index (χ2n) is 5.57. The number of hydrogen-bond donors (Lipinski definition) is 1. The molecule has 2 aliphatic heterocycles. The van der Waals surface area contributed by atoms with Crippen molar-refractivity contribution in [3.05, 3.63) is 22.2 Å². The molecule has 0 amide bonds. The number of benzene rings is 1. The number of nitrogens with zero attached hydrogens (tertiary/aromatic N) is 1. The Balaban J connectivity index is 1.80. The zero-order valence-electron chi connectivity index (χ0n) is 11.6. The van der Waals surface area contributed by atoms with Crippen molar-refractivity contribution in [1.29, 1.82) is 0 Å². The van der Waals surface area contributed by atoms with Gasteiger partial charge in [0.2, 0.25) is 0 Å². The quantitative estimate of drug-likeness (QED) is 0.916. The molecule has 1 fully saturated rings. The van der Waals surface area contributed by atoms with E-state index in [1.54, 1.807) is 0 Å². The van der Waals surface area contributed by atoms with Crippen molar-refractivity contribution in [2.24, 2.45) is 5.92 Å². The minimum Gasteiger partial charge on any atom is -0.486 e. The Morgan fingerprint density at radius 1 is 1.30 bits per heavy atom. The molecule has 0 saturated carbocycles. The molecular formula is C15H20BrNO3. The molecule has 1 aromatic rings. The van der Waals surface area contributed by atoms with E-state index in [2.05, 4.69) is 33.8 Å². The fourth-order valence-electron chi connectivity index (χ4n) is 3.03. The van der Waals surface area contributed by atoms with Gasteiger partial charge >= 0.3 is 0 Å². The lowest BCUT2D eigenvalue weighted by molar-refractivity contribution is 0.133. The van der Waals surface area contributed by atoms with Crippen molar-refractivity contribution in [2.45, 2.75) is 25.9 Å². The average Bonchev–Trinajstić information content (AvgIpc) is 2.80. The molecule has 0 aromatic heterocycles. The number of aliphatic hydroxyl groups is 1. The van der Waals surface area contributed by atoms with E-state index in [1.165, 1.54) is 5.56 Å². The molecule has 0 bridgehead atoms. The first-order valence-corrected chi connectivity index (χ1v) is 7.91. The number of aliphatic hydroxyl groups excluding tert-OH is 1. The molecule has 1 aromatic carbocycles. The van der Waals surface area contributed by atoms with Crippen molar-refractivity contribution in [1.82, 2.24) is 4.90 Å². The maximum Gasteiger partial charge on any atom is 0.162 e. The highest BCUT2D eigenvalue weighted by Crippen LogP contribution is 2.37. The Morgan fingerprint density at radius 2 is 2.00 bits per heavy atom. The molecule has 5 heteroatoms. The summed E-state index contributed by atoms with van der Waals surface area (Å²) in [6.45, 7) is 5.51. The predicted octanol–water partition coefficient (Wildman–Crippen LogP) is 2.42. The molecular weight excluding hydrogens is 322 g/mol. The molecule has 2 unspecified atom stereocenters. The monoisotopic (exact) mass is 341 g/mol. The van der Waals surface area contributed by atoms with Gasteiger partial charge in [-0.3, -0.25) is 4.90 Å². The van der Waals surface area contributed by atoms with Gasteiger partial charge in [0.1, 0.15) is 13.2 Å². The molecule has 0 aliphatic carbocycles. The first-order chi connectivity index (χ1) is 9.69. The summed E-state index contributed by atoms with van der Waals surface area (Å²) in [5.41, 5.74) is 1.18. The van der Waals surface area contributed by atoms with Gasteiger partial charge in [0.05, 0.1) is 6.61 Å². The highest BCUT2D eigenvalue weighted by atomic mass is 79.9. The highest BCUT2D eigenvalue weighted by molar-refractivity contribution is 9.10. The van der Waals surface area contributed by atoms with Crippen LogP contribution in [0.1, 0.15) is 18.9 Å². The predicted molar refractivity (Wildman–Crippen MR) is 80.2 cm³/mol. The Kier molecular flexibility index (Phi) is 4.19. The summed E-state index contributed by atoms with van der Waals surface area (Å²) >= 11 is 3.61. The van der Waals surface area contributed by atoms with E-state index in [-0.39, 0.29) is 12.6 Å². The van der Waals surface area contributed by atoms with Crippen molar-refractivity contribution in [3.63, 3.8) is 0 Å². The van der Waals surface area contributed by atoms with E-state index in [9.17, 15) is 5.11 Å². The van der Waals surface area contributed by atoms with Crippen LogP contribution >= 0.6 is 15.9 Å². The molecule has 0 spiro atoms. The largest absolute Gasteiger partial charge is 0.486 e. The van der Waals surface area contributed by atoms with E-state index >= 15 is 0 Å². The fourth-order valence-corrected chi connectivity index (χ4v) is 3.47. The molecule has 2 aliphatic rings. The SMILES string of the molecule is CC1CCN(Cc2cc3c(cc2Br)OCCO3)C1CO. The van der Waals surface area contributed by atoms with Gasteiger partial charge in [-0.05, 0) is 36.6 Å². The third kappa shape index (κ3) is 2.67. The third-order valence-corrected chi connectivity index (χ3v) is 5.01. The Labute approximate surface area is 127 Å². The van der Waals surface area contributed by atoms with Gasteiger partial charge in [0.25, 0.3) is 0 Å². The van der Waals surface area contributed by atoms with Gasteiger partial charge in [-0.25, -0.2) is 0 Å². The summed E-state index contributed by atoms with van der Waals surface area (Å²) in [6.07, 6.45) is 1.15. The Hall–Kier alpha value is -0.780. The maximum atomic E-state index is 9.55. The summed E-state index contributed by atoms with van der Waals surface area (Å²) in [7, 11) is 0. The molecule has 2 heterocycles. The Bertz CT molecular complexity index is 494. The summed E-state index contributed by atoms with van der Waals surface area (Å²) < 4.78 is 12.3. The summed E-state index contributed by atoms with van der Waals surface area (Å²) in [5.74, 6) is 2.18. The van der Waals surface area contributed by atoms with E-state index in [0.717, 1.165) is 35.5 Å². The Morgan fingerprint density at radius 3 is 2.70 bits per heavy atom. The van der Waals surface area contributed by atoms with E-state index < -0.39 is 0 Å². The highest BCUT2D eigenvalue weighted by Gasteiger charge is 2.31. The lowest BCUT2D eigenvalue weighted by Crippen LogP contribution is -2.34. The van der Waals surface area contributed by atoms with Crippen LogP contribution < -0.4 is 9.47 Å². The zero-order chi connectivity index (χ0) is 14.1. The van der Waals surface area contributed by atoms with Crippen LogP contribution in [0.25, 0.3) is 0 Å². The molecule has 1 N–H and O–H groups in total. The normalized spacial score (nSPS) is 25.9. The molecule has 2 atom stereocenters. The van der Waals surface area contributed by atoms with Crippen molar-refractivity contribution >= 4 is 15.9 Å². The summed E-state index contributed by atoms with van der Waals surface area (Å²) in [5, 5.41) is 9.55. The topological polar surface area (TPSA) is 41.9 Å². The minimum absolute atomic E-state index is 0.226. The smallest absolute Gasteiger partial charge is 0.162 e. The molecule has 20 heavy (non-hydrogen) atoms. The average molecular weight is 342 g/mol. The van der Waals surface area contributed by atoms with Gasteiger partial charge in [0, 0.05) is 17.1 Å². The van der Waals surface area contributed by atoms with Crippen LogP contribution in [0.3, 0.4) is 0 Å². The molecule has 3 rings (SSSR count). The van der Waals surface area contributed by atoms with Crippen LogP contribution in [0.4, 0.5) is 0 Å². The lowest BCUT2D eigenvalue weighted by Gasteiger charge is -2.26. The molecule has 0 radical (unpaired) electrons. The van der Waals surface area contributed by atoms with Crippen molar-refractivity contribution in [3.8, 4) is 11.5 Å². The third-order valence-electron chi connectivity index (χ3n) is 4.27. The summed E-state index contributed by atoms with van der Waals surface area (Å²) in [6, 6.07) is 4.29. The fraction of sp³-hybridized carbons (Fsp3) is 0.600. The lowest BCUT2D eigenvalue weighted by atomic mass is 10.0. The zero-order valence-corrected chi connectivity index (χ0v) is 13.2. The number of hydrogen-bond acceptors (Lipinski definition) is 4. The first-order valence-electron chi connectivity index (χ1n) is 7.12.